The van der Waals surface area contributed by atoms with Crippen molar-refractivity contribution in [2.45, 2.75) is 18.3 Å². The number of pyridine rings is 2. The molecule has 0 radical (unpaired) electrons. The SMILES string of the molecule is C=CCOCC(Cc1ccccc1)[n+]1ccc(-c2cc[n+](CSOOO)cc2)cc1. The molecule has 7 heteroatoms. The molecule has 1 atom stereocenters. The summed E-state index contributed by atoms with van der Waals surface area (Å²) in [6.45, 7) is 4.89. The molecule has 0 fully saturated rings. The zero-order chi connectivity index (χ0) is 21.0. The molecule has 0 aliphatic rings. The Morgan fingerprint density at radius 3 is 2.27 bits per heavy atom. The van der Waals surface area contributed by atoms with E-state index in [9.17, 15) is 0 Å². The normalized spacial score (nSPS) is 11.9. The van der Waals surface area contributed by atoms with Gasteiger partial charge in [-0.3, -0.25) is 0 Å². The van der Waals surface area contributed by atoms with Crippen molar-refractivity contribution in [1.82, 2.24) is 0 Å². The molecule has 0 aliphatic carbocycles. The van der Waals surface area contributed by atoms with Gasteiger partial charge in [0.05, 0.1) is 6.61 Å². The van der Waals surface area contributed by atoms with Gasteiger partial charge in [0, 0.05) is 30.7 Å². The molecule has 6 nitrogen and oxygen atoms in total. The molecule has 1 unspecified atom stereocenters. The number of ether oxygens (including phenoxy) is 1. The Morgan fingerprint density at radius 2 is 1.63 bits per heavy atom. The van der Waals surface area contributed by atoms with Crippen molar-refractivity contribution in [3.05, 3.63) is 97.6 Å². The van der Waals surface area contributed by atoms with E-state index in [1.54, 1.807) is 6.08 Å². The first kappa shape index (κ1) is 22.1. The van der Waals surface area contributed by atoms with Gasteiger partial charge in [0.15, 0.2) is 30.8 Å². The van der Waals surface area contributed by atoms with E-state index in [1.807, 2.05) is 35.2 Å². The minimum absolute atomic E-state index is 0.199. The lowest BCUT2D eigenvalue weighted by atomic mass is 10.1. The highest BCUT2D eigenvalue weighted by atomic mass is 32.2. The highest BCUT2D eigenvalue weighted by Gasteiger charge is 2.19. The van der Waals surface area contributed by atoms with Gasteiger partial charge in [-0.05, 0) is 16.7 Å². The van der Waals surface area contributed by atoms with Crippen molar-refractivity contribution < 1.29 is 28.5 Å². The van der Waals surface area contributed by atoms with Gasteiger partial charge in [0.1, 0.15) is 18.6 Å². The van der Waals surface area contributed by atoms with Crippen molar-refractivity contribution in [2.75, 3.05) is 13.2 Å². The average molecular weight is 427 g/mol. The topological polar surface area (TPSA) is 55.7 Å². The maximum atomic E-state index is 8.17. The molecule has 156 valence electrons. The summed E-state index contributed by atoms with van der Waals surface area (Å²) >= 11 is 0.991. The third-order valence-electron chi connectivity index (χ3n) is 4.64. The van der Waals surface area contributed by atoms with Crippen molar-refractivity contribution >= 4 is 12.0 Å². The first-order valence-electron chi connectivity index (χ1n) is 9.62. The Morgan fingerprint density at radius 1 is 0.967 bits per heavy atom. The Bertz CT molecular complexity index is 889. The Balaban J connectivity index is 1.69. The van der Waals surface area contributed by atoms with Gasteiger partial charge >= 0.3 is 0 Å². The summed E-state index contributed by atoms with van der Waals surface area (Å²) in [7, 11) is 0. The lowest BCUT2D eigenvalue weighted by Gasteiger charge is -2.13. The van der Waals surface area contributed by atoms with Gasteiger partial charge in [0.2, 0.25) is 5.88 Å². The second-order valence-electron chi connectivity index (χ2n) is 6.69. The summed E-state index contributed by atoms with van der Waals surface area (Å²) in [5.74, 6) is 0.501. The van der Waals surface area contributed by atoms with Crippen LogP contribution in [0.5, 0.6) is 0 Å². The molecule has 30 heavy (non-hydrogen) atoms. The third-order valence-corrected chi connectivity index (χ3v) is 5.20. The quantitative estimate of drug-likeness (QED) is 0.119. The summed E-state index contributed by atoms with van der Waals surface area (Å²) in [6, 6.07) is 18.9. The summed E-state index contributed by atoms with van der Waals surface area (Å²) in [4.78, 5) is 0. The highest BCUT2D eigenvalue weighted by molar-refractivity contribution is 7.93. The van der Waals surface area contributed by atoms with Gasteiger partial charge in [-0.25, -0.2) is 5.26 Å². The summed E-state index contributed by atoms with van der Waals surface area (Å²) < 4.78 is 14.3. The molecule has 1 aromatic carbocycles. The first-order chi connectivity index (χ1) is 14.8. The molecule has 0 amide bonds. The first-order valence-corrected chi connectivity index (χ1v) is 10.5. The zero-order valence-electron chi connectivity index (χ0n) is 16.7. The maximum absolute atomic E-state index is 8.17. The molecule has 3 aromatic rings. The van der Waals surface area contributed by atoms with Crippen LogP contribution in [0.15, 0.2) is 92.0 Å². The third kappa shape index (κ3) is 6.76. The second kappa shape index (κ2) is 12.2. The van der Waals surface area contributed by atoms with E-state index < -0.39 is 0 Å². The van der Waals surface area contributed by atoms with E-state index in [1.165, 1.54) is 5.56 Å². The van der Waals surface area contributed by atoms with Crippen LogP contribution in [0.4, 0.5) is 0 Å². The van der Waals surface area contributed by atoms with Gasteiger partial charge < -0.3 is 4.74 Å². The van der Waals surface area contributed by atoms with Crippen molar-refractivity contribution in [2.24, 2.45) is 0 Å². The average Bonchev–Trinajstić information content (AvgIpc) is 2.80. The molecule has 2 aromatic heterocycles. The largest absolute Gasteiger partial charge is 0.370 e. The molecule has 2 heterocycles. The van der Waals surface area contributed by atoms with E-state index >= 15 is 0 Å². The summed E-state index contributed by atoms with van der Waals surface area (Å²) in [5.41, 5.74) is 3.53. The van der Waals surface area contributed by atoms with Crippen LogP contribution in [0.1, 0.15) is 11.6 Å². The van der Waals surface area contributed by atoms with Crippen LogP contribution in [0.25, 0.3) is 11.1 Å². The molecule has 0 saturated carbocycles. The van der Waals surface area contributed by atoms with Gasteiger partial charge in [-0.1, -0.05) is 41.4 Å². The zero-order valence-corrected chi connectivity index (χ0v) is 17.5. The van der Waals surface area contributed by atoms with Crippen molar-refractivity contribution in [1.29, 1.82) is 0 Å². The molecule has 0 aliphatic heterocycles. The molecule has 0 bridgehead atoms. The number of benzene rings is 1. The van der Waals surface area contributed by atoms with E-state index in [0.29, 0.717) is 19.1 Å². The van der Waals surface area contributed by atoms with Gasteiger partial charge in [0.25, 0.3) is 0 Å². The van der Waals surface area contributed by atoms with Crippen molar-refractivity contribution in [3.63, 3.8) is 0 Å². The minimum Gasteiger partial charge on any atom is -0.370 e. The number of nitrogens with zero attached hydrogens (tertiary/aromatic N) is 2. The van der Waals surface area contributed by atoms with Gasteiger partial charge in [-0.2, -0.15) is 9.13 Å². The minimum atomic E-state index is 0.199. The fraction of sp³-hybridized carbons (Fsp3) is 0.217. The molecular weight excluding hydrogens is 400 g/mol. The van der Waals surface area contributed by atoms with Crippen LogP contribution >= 0.6 is 12.0 Å². The van der Waals surface area contributed by atoms with E-state index in [0.717, 1.165) is 29.6 Å². The second-order valence-corrected chi connectivity index (χ2v) is 7.32. The van der Waals surface area contributed by atoms with Crippen LogP contribution in [-0.2, 0) is 26.4 Å². The van der Waals surface area contributed by atoms with Crippen LogP contribution in [0.2, 0.25) is 0 Å². The van der Waals surface area contributed by atoms with E-state index in [-0.39, 0.29) is 6.04 Å². The molecule has 3 rings (SSSR count). The lowest BCUT2D eigenvalue weighted by molar-refractivity contribution is -0.724. The number of hydrogen-bond acceptors (Lipinski definition) is 5. The van der Waals surface area contributed by atoms with E-state index in [2.05, 4.69) is 69.3 Å². The molecule has 0 saturated heterocycles. The lowest BCUT2D eigenvalue weighted by Crippen LogP contribution is -2.42. The smallest absolute Gasteiger partial charge is 0.222 e. The van der Waals surface area contributed by atoms with Crippen LogP contribution in [0, 0.1) is 0 Å². The van der Waals surface area contributed by atoms with E-state index in [4.69, 9.17) is 9.99 Å². The van der Waals surface area contributed by atoms with Crippen LogP contribution < -0.4 is 9.13 Å². The maximum Gasteiger partial charge on any atom is 0.222 e. The fourth-order valence-corrected chi connectivity index (χ4v) is 3.52. The van der Waals surface area contributed by atoms with Gasteiger partial charge in [-0.15, -0.1) is 10.9 Å². The highest BCUT2D eigenvalue weighted by Crippen LogP contribution is 2.17. The van der Waals surface area contributed by atoms with Crippen LogP contribution in [-0.4, -0.2) is 18.5 Å². The molecule has 1 N–H and O–H groups in total. The van der Waals surface area contributed by atoms with Crippen molar-refractivity contribution in [3.8, 4) is 11.1 Å². The predicted molar refractivity (Wildman–Crippen MR) is 115 cm³/mol. The summed E-state index contributed by atoms with van der Waals surface area (Å²) in [6.07, 6.45) is 10.8. The Labute approximate surface area is 181 Å². The predicted octanol–water partition coefficient (Wildman–Crippen LogP) is 3.94. The number of rotatable bonds is 12. The standard InChI is InChI=1S/C23H25N2O4S/c1-2-16-27-18-23(17-20-6-4-3-5-7-20)25-14-10-22(11-15-25)21-8-12-24(13-9-21)19-30-29-28-26/h2-15,23H,1,16-19H2/q+1/p+1. The van der Waals surface area contributed by atoms with Crippen LogP contribution in [0.3, 0.4) is 0 Å². The number of hydrogen-bond donors (Lipinski definition) is 1. The summed E-state index contributed by atoms with van der Waals surface area (Å²) in [5, 5.41) is 11.8. The molecular formula is C23H26N2O4S+2. The monoisotopic (exact) mass is 426 g/mol. The Hall–Kier alpha value is -2.55. The fourth-order valence-electron chi connectivity index (χ4n) is 3.14. The molecule has 0 spiro atoms. The number of aromatic nitrogens is 2. The Kier molecular flexibility index (Phi) is 9.02.